The van der Waals surface area contributed by atoms with Crippen molar-refractivity contribution in [2.45, 2.75) is 6.42 Å². The Bertz CT molecular complexity index is 229. The van der Waals surface area contributed by atoms with E-state index in [1.54, 1.807) is 7.05 Å². The molecule has 0 aliphatic heterocycles. The Morgan fingerprint density at radius 3 is 2.08 bits per heavy atom. The third-order valence-electron chi connectivity index (χ3n) is 1.69. The Morgan fingerprint density at radius 2 is 1.69 bits per heavy atom. The van der Waals surface area contributed by atoms with Crippen molar-refractivity contribution < 1.29 is 8.42 Å². The minimum absolute atomic E-state index is 0.00152. The van der Waals surface area contributed by atoms with Crippen LogP contribution in [0.5, 0.6) is 0 Å². The van der Waals surface area contributed by atoms with E-state index < -0.39 is 10.0 Å². The summed E-state index contributed by atoms with van der Waals surface area (Å²) in [6.07, 6.45) is 0.857. The second-order valence-electron chi connectivity index (χ2n) is 3.20. The summed E-state index contributed by atoms with van der Waals surface area (Å²) in [7, 11) is 2.48. The molecule has 0 fully saturated rings. The van der Waals surface area contributed by atoms with E-state index in [-0.39, 0.29) is 4.66 Å². The fourth-order valence-electron chi connectivity index (χ4n) is 0.832. The normalized spacial score (nSPS) is 12.8. The largest absolute Gasteiger partial charge is 0.309 e. The Balaban J connectivity index is 3.82. The van der Waals surface area contributed by atoms with Crippen molar-refractivity contribution in [3.63, 3.8) is 0 Å². The van der Waals surface area contributed by atoms with Crippen molar-refractivity contribution >= 4 is 26.0 Å². The van der Waals surface area contributed by atoms with E-state index in [1.807, 2.05) is 19.0 Å². The first-order valence-electron chi connectivity index (χ1n) is 4.05. The smallest absolute Gasteiger partial charge is 0.223 e. The highest BCUT2D eigenvalue weighted by Crippen LogP contribution is 2.02. The molecule has 0 spiro atoms. The lowest BCUT2D eigenvalue weighted by molar-refractivity contribution is 0.371. The molecule has 0 saturated carbocycles. The number of nitrogens with zero attached hydrogens (tertiary/aromatic N) is 2. The van der Waals surface area contributed by atoms with Gasteiger partial charge >= 0.3 is 0 Å². The molecule has 13 heavy (non-hydrogen) atoms. The Morgan fingerprint density at radius 1 is 1.15 bits per heavy atom. The molecule has 0 unspecified atom stereocenters. The lowest BCUT2D eigenvalue weighted by Gasteiger charge is -2.16. The van der Waals surface area contributed by atoms with Crippen molar-refractivity contribution in [1.82, 2.24) is 9.21 Å². The standard InChI is InChI=1S/C7H17BrN2O2S/c1-9(2)5-4-6-10(3)13(11,12)7-8/h4-7H2,1-3H3. The maximum atomic E-state index is 11.2. The van der Waals surface area contributed by atoms with Crippen LogP contribution in [0.3, 0.4) is 0 Å². The summed E-state index contributed by atoms with van der Waals surface area (Å²) in [6, 6.07) is 0. The van der Waals surface area contributed by atoms with E-state index in [4.69, 9.17) is 0 Å². The van der Waals surface area contributed by atoms with Gasteiger partial charge in [-0.2, -0.15) is 0 Å². The molecular formula is C7H17BrN2O2S. The lowest BCUT2D eigenvalue weighted by Crippen LogP contribution is -2.30. The number of sulfonamides is 1. The molecule has 0 amide bonds. The summed E-state index contributed by atoms with van der Waals surface area (Å²) >= 11 is 2.95. The van der Waals surface area contributed by atoms with Gasteiger partial charge in [-0.15, -0.1) is 0 Å². The zero-order chi connectivity index (χ0) is 10.5. The maximum Gasteiger partial charge on any atom is 0.223 e. The van der Waals surface area contributed by atoms with Crippen molar-refractivity contribution in [3.05, 3.63) is 0 Å². The Hall–Kier alpha value is 0.350. The highest BCUT2D eigenvalue weighted by Gasteiger charge is 2.14. The van der Waals surface area contributed by atoms with Crippen LogP contribution >= 0.6 is 15.9 Å². The number of hydrogen-bond donors (Lipinski definition) is 0. The molecule has 80 valence electrons. The van der Waals surface area contributed by atoms with Gasteiger partial charge in [-0.3, -0.25) is 0 Å². The van der Waals surface area contributed by atoms with Crippen molar-refractivity contribution in [3.8, 4) is 0 Å². The first-order chi connectivity index (χ1) is 5.90. The second-order valence-corrected chi connectivity index (χ2v) is 6.58. The predicted octanol–water partition coefficient (Wildman–Crippen LogP) is 0.552. The van der Waals surface area contributed by atoms with Crippen LogP contribution < -0.4 is 0 Å². The van der Waals surface area contributed by atoms with Crippen molar-refractivity contribution in [1.29, 1.82) is 0 Å². The molecule has 0 bridgehead atoms. The molecule has 0 aliphatic carbocycles. The highest BCUT2D eigenvalue weighted by molar-refractivity contribution is 9.10. The van der Waals surface area contributed by atoms with Crippen LogP contribution in [0.25, 0.3) is 0 Å². The lowest BCUT2D eigenvalue weighted by atomic mass is 10.4. The molecule has 0 N–H and O–H groups in total. The van der Waals surface area contributed by atoms with E-state index in [1.165, 1.54) is 4.31 Å². The molecule has 0 aromatic heterocycles. The van der Waals surface area contributed by atoms with Gasteiger partial charge in [0.05, 0.1) is 0 Å². The third-order valence-corrected chi connectivity index (χ3v) is 4.83. The zero-order valence-corrected chi connectivity index (χ0v) is 10.7. The number of alkyl halides is 1. The molecule has 0 heterocycles. The first-order valence-corrected chi connectivity index (χ1v) is 6.78. The van der Waals surface area contributed by atoms with Crippen LogP contribution in [-0.2, 0) is 10.0 Å². The van der Waals surface area contributed by atoms with E-state index in [2.05, 4.69) is 15.9 Å². The van der Waals surface area contributed by atoms with E-state index >= 15 is 0 Å². The van der Waals surface area contributed by atoms with E-state index in [0.717, 1.165) is 13.0 Å². The molecule has 0 aromatic rings. The molecule has 4 nitrogen and oxygen atoms in total. The van der Waals surface area contributed by atoms with Crippen molar-refractivity contribution in [2.75, 3.05) is 38.9 Å². The molecule has 0 rings (SSSR count). The summed E-state index contributed by atoms with van der Waals surface area (Å²) < 4.78 is 23.9. The van der Waals surface area contributed by atoms with Gasteiger partial charge in [-0.05, 0) is 27.1 Å². The van der Waals surface area contributed by atoms with Gasteiger partial charge in [-0.25, -0.2) is 12.7 Å². The summed E-state index contributed by atoms with van der Waals surface area (Å²) in [6.45, 7) is 1.48. The van der Waals surface area contributed by atoms with Crippen LogP contribution in [-0.4, -0.2) is 56.5 Å². The molecular weight excluding hydrogens is 256 g/mol. The Labute approximate surface area is 89.1 Å². The maximum absolute atomic E-state index is 11.2. The molecule has 0 aliphatic rings. The fraction of sp³-hybridized carbons (Fsp3) is 1.00. The number of halogens is 1. The molecule has 0 aromatic carbocycles. The quantitative estimate of drug-likeness (QED) is 0.664. The fourth-order valence-corrected chi connectivity index (χ4v) is 2.45. The molecule has 0 saturated heterocycles. The average molecular weight is 273 g/mol. The zero-order valence-electron chi connectivity index (χ0n) is 8.33. The van der Waals surface area contributed by atoms with Gasteiger partial charge in [0.1, 0.15) is 4.66 Å². The second kappa shape index (κ2) is 5.95. The van der Waals surface area contributed by atoms with Crippen LogP contribution in [0.2, 0.25) is 0 Å². The summed E-state index contributed by atoms with van der Waals surface area (Å²) in [5.41, 5.74) is 0. The van der Waals surface area contributed by atoms with Crippen LogP contribution in [0.4, 0.5) is 0 Å². The SMILES string of the molecule is CN(C)CCCN(C)S(=O)(=O)CBr. The van der Waals surface area contributed by atoms with Crippen molar-refractivity contribution in [2.24, 2.45) is 0 Å². The van der Waals surface area contributed by atoms with E-state index in [0.29, 0.717) is 6.54 Å². The van der Waals surface area contributed by atoms with Gasteiger partial charge in [0, 0.05) is 13.6 Å². The predicted molar refractivity (Wildman–Crippen MR) is 58.5 cm³/mol. The minimum atomic E-state index is -3.06. The van der Waals surface area contributed by atoms with Gasteiger partial charge in [0.15, 0.2) is 0 Å². The van der Waals surface area contributed by atoms with Crippen LogP contribution in [0.1, 0.15) is 6.42 Å². The topological polar surface area (TPSA) is 40.6 Å². The van der Waals surface area contributed by atoms with Gasteiger partial charge in [0.25, 0.3) is 0 Å². The van der Waals surface area contributed by atoms with Gasteiger partial charge in [0.2, 0.25) is 10.0 Å². The summed E-state index contributed by atoms with van der Waals surface area (Å²) in [4.78, 5) is 2.04. The average Bonchev–Trinajstić information content (AvgIpc) is 2.03. The minimum Gasteiger partial charge on any atom is -0.309 e. The van der Waals surface area contributed by atoms with Gasteiger partial charge < -0.3 is 4.90 Å². The van der Waals surface area contributed by atoms with Crippen LogP contribution in [0, 0.1) is 0 Å². The molecule has 0 atom stereocenters. The molecule has 6 heteroatoms. The van der Waals surface area contributed by atoms with Gasteiger partial charge in [-0.1, -0.05) is 15.9 Å². The van der Waals surface area contributed by atoms with Crippen LogP contribution in [0.15, 0.2) is 0 Å². The monoisotopic (exact) mass is 272 g/mol. The Kier molecular flexibility index (Phi) is 6.11. The number of rotatable bonds is 6. The first kappa shape index (κ1) is 13.4. The summed E-state index contributed by atoms with van der Waals surface area (Å²) in [5.74, 6) is 0. The number of hydrogen-bond acceptors (Lipinski definition) is 3. The third kappa shape index (κ3) is 5.61. The molecule has 0 radical (unpaired) electrons. The highest BCUT2D eigenvalue weighted by atomic mass is 79.9. The van der Waals surface area contributed by atoms with E-state index in [9.17, 15) is 8.42 Å². The summed E-state index contributed by atoms with van der Waals surface area (Å²) in [5, 5.41) is 0.